The average Bonchev–Trinajstić information content (AvgIpc) is 2.39. The molecule has 2 fully saturated rings. The van der Waals surface area contributed by atoms with Gasteiger partial charge in [-0.3, -0.25) is 0 Å². The molecule has 1 spiro atoms. The molecular formula is C9H20ClP. The van der Waals surface area contributed by atoms with Crippen molar-refractivity contribution in [3.05, 3.63) is 0 Å². The van der Waals surface area contributed by atoms with E-state index in [1.165, 1.54) is 0 Å². The number of rotatable bonds is 0. The molecule has 2 heterocycles. The van der Waals surface area contributed by atoms with E-state index in [1.807, 2.05) is 0 Å². The average molecular weight is 195 g/mol. The van der Waals surface area contributed by atoms with Gasteiger partial charge in [0.1, 0.15) is 0 Å². The standard InChI is InChI=1S/C9H19P.ClH/c1-2-6-10(7-3-1)8-4-5-9-10;/h10H,1-9H2;1H. The summed E-state index contributed by atoms with van der Waals surface area (Å²) in [7, 11) is -0.519. The Morgan fingerprint density at radius 2 is 0.909 bits per heavy atom. The molecule has 0 aromatic rings. The van der Waals surface area contributed by atoms with E-state index in [2.05, 4.69) is 0 Å². The molecule has 2 heteroatoms. The van der Waals surface area contributed by atoms with Crippen molar-refractivity contribution in [1.29, 1.82) is 0 Å². The van der Waals surface area contributed by atoms with Crippen LogP contribution in [0.5, 0.6) is 0 Å². The predicted molar refractivity (Wildman–Crippen MR) is 58.1 cm³/mol. The van der Waals surface area contributed by atoms with Gasteiger partial charge in [-0.1, -0.05) is 0 Å². The Morgan fingerprint density at radius 1 is 0.545 bits per heavy atom. The smallest absolute Gasteiger partial charge is 0.147 e. The molecule has 2 aliphatic rings. The number of halogens is 1. The summed E-state index contributed by atoms with van der Waals surface area (Å²) in [5, 5.41) is 0. The Bertz CT molecular complexity index is 111. The predicted octanol–water partition coefficient (Wildman–Crippen LogP) is 3.14. The largest absolute Gasteiger partial charge is 0.147 e. The monoisotopic (exact) mass is 194 g/mol. The van der Waals surface area contributed by atoms with Gasteiger partial charge in [0.05, 0.1) is 0 Å². The Labute approximate surface area is 76.9 Å². The van der Waals surface area contributed by atoms with Crippen LogP contribution in [0.1, 0.15) is 32.1 Å². The molecule has 0 aromatic carbocycles. The maximum absolute atomic E-state index is 1.70. The van der Waals surface area contributed by atoms with Crippen molar-refractivity contribution in [3.8, 4) is 0 Å². The zero-order valence-electron chi connectivity index (χ0n) is 7.27. The molecule has 2 rings (SSSR count). The Morgan fingerprint density at radius 3 is 1.36 bits per heavy atom. The first-order valence-corrected chi connectivity index (χ1v) is 7.74. The summed E-state index contributed by atoms with van der Waals surface area (Å²) in [6, 6.07) is 0. The summed E-state index contributed by atoms with van der Waals surface area (Å²) in [4.78, 5) is 0. The van der Waals surface area contributed by atoms with E-state index in [-0.39, 0.29) is 12.4 Å². The van der Waals surface area contributed by atoms with Crippen LogP contribution in [0.25, 0.3) is 0 Å². The van der Waals surface area contributed by atoms with E-state index in [4.69, 9.17) is 0 Å². The van der Waals surface area contributed by atoms with Gasteiger partial charge >= 0.3 is 64.0 Å². The zero-order valence-corrected chi connectivity index (χ0v) is 9.09. The van der Waals surface area contributed by atoms with Gasteiger partial charge in [-0.15, -0.1) is 12.4 Å². The molecule has 0 aromatic heterocycles. The fraction of sp³-hybridized carbons (Fsp3) is 1.00. The van der Waals surface area contributed by atoms with Gasteiger partial charge in [0.25, 0.3) is 0 Å². The van der Waals surface area contributed by atoms with Gasteiger partial charge in [-0.05, 0) is 0 Å². The van der Waals surface area contributed by atoms with Crippen molar-refractivity contribution in [2.45, 2.75) is 32.1 Å². The Balaban J connectivity index is 0.000000605. The fourth-order valence-corrected chi connectivity index (χ4v) is 8.43. The summed E-state index contributed by atoms with van der Waals surface area (Å²) in [6.07, 6.45) is 14.7. The quantitative estimate of drug-likeness (QED) is 0.520. The molecule has 0 radical (unpaired) electrons. The van der Waals surface area contributed by atoms with E-state index in [1.54, 1.807) is 56.8 Å². The van der Waals surface area contributed by atoms with Gasteiger partial charge < -0.3 is 0 Å². The molecule has 0 amide bonds. The van der Waals surface area contributed by atoms with Crippen molar-refractivity contribution in [3.63, 3.8) is 0 Å². The van der Waals surface area contributed by atoms with Crippen LogP contribution in [-0.4, -0.2) is 24.6 Å². The second-order valence-electron chi connectivity index (χ2n) is 4.27. The summed E-state index contributed by atoms with van der Waals surface area (Å²) in [5.74, 6) is 0. The minimum absolute atomic E-state index is 0. The topological polar surface area (TPSA) is 0 Å². The Kier molecular flexibility index (Phi) is 3.65. The first kappa shape index (κ1) is 9.81. The summed E-state index contributed by atoms with van der Waals surface area (Å²) < 4.78 is 0. The van der Waals surface area contributed by atoms with Crippen LogP contribution in [-0.2, 0) is 0 Å². The molecule has 0 nitrogen and oxygen atoms in total. The molecule has 2 aliphatic heterocycles. The fourth-order valence-electron chi connectivity index (χ4n) is 2.93. The molecule has 0 N–H and O–H groups in total. The van der Waals surface area contributed by atoms with Crippen LogP contribution in [0.3, 0.4) is 0 Å². The SMILES string of the molecule is C1CC[PH]2(CC1)CCCC2.Cl. The zero-order chi connectivity index (χ0) is 6.86. The first-order valence-electron chi connectivity index (χ1n) is 4.91. The van der Waals surface area contributed by atoms with E-state index < -0.39 is 7.26 Å². The van der Waals surface area contributed by atoms with E-state index in [0.717, 1.165) is 0 Å². The third kappa shape index (κ3) is 2.10. The van der Waals surface area contributed by atoms with Crippen LogP contribution in [0.15, 0.2) is 0 Å². The summed E-state index contributed by atoms with van der Waals surface area (Å²) >= 11 is 0. The van der Waals surface area contributed by atoms with Crippen molar-refractivity contribution in [2.24, 2.45) is 0 Å². The molecule has 2 saturated heterocycles. The van der Waals surface area contributed by atoms with Crippen molar-refractivity contribution >= 4 is 19.7 Å². The molecule has 0 saturated carbocycles. The van der Waals surface area contributed by atoms with Crippen molar-refractivity contribution in [2.75, 3.05) is 24.6 Å². The first-order chi connectivity index (χ1) is 4.91. The third-order valence-corrected chi connectivity index (χ3v) is 9.24. The molecule has 0 bridgehead atoms. The normalized spacial score (nSPS) is 31.3. The molecule has 0 atom stereocenters. The van der Waals surface area contributed by atoms with E-state index >= 15 is 0 Å². The van der Waals surface area contributed by atoms with Crippen molar-refractivity contribution in [1.82, 2.24) is 0 Å². The van der Waals surface area contributed by atoms with E-state index in [0.29, 0.717) is 0 Å². The molecule has 68 valence electrons. The van der Waals surface area contributed by atoms with Crippen LogP contribution >= 0.6 is 19.7 Å². The van der Waals surface area contributed by atoms with Gasteiger partial charge in [0.15, 0.2) is 0 Å². The van der Waals surface area contributed by atoms with Crippen LogP contribution in [0, 0.1) is 0 Å². The minimum atomic E-state index is -0.519. The summed E-state index contributed by atoms with van der Waals surface area (Å²) in [6.45, 7) is 0. The molecular weight excluding hydrogens is 175 g/mol. The van der Waals surface area contributed by atoms with Crippen LogP contribution in [0.2, 0.25) is 0 Å². The number of hydrogen-bond donors (Lipinski definition) is 0. The van der Waals surface area contributed by atoms with Crippen LogP contribution < -0.4 is 0 Å². The molecule has 0 aliphatic carbocycles. The van der Waals surface area contributed by atoms with Crippen molar-refractivity contribution < 1.29 is 0 Å². The van der Waals surface area contributed by atoms with Gasteiger partial charge in [-0.25, -0.2) is 0 Å². The maximum Gasteiger partial charge on any atom is -0.147 e. The van der Waals surface area contributed by atoms with Gasteiger partial charge in [-0.2, -0.15) is 0 Å². The molecule has 0 unspecified atom stereocenters. The second-order valence-corrected chi connectivity index (χ2v) is 9.27. The van der Waals surface area contributed by atoms with Crippen LogP contribution in [0.4, 0.5) is 0 Å². The second kappa shape index (κ2) is 4.10. The number of hydrogen-bond acceptors (Lipinski definition) is 0. The molecule has 11 heavy (non-hydrogen) atoms. The maximum atomic E-state index is 1.70. The van der Waals surface area contributed by atoms with E-state index in [9.17, 15) is 0 Å². The van der Waals surface area contributed by atoms with Gasteiger partial charge in [0.2, 0.25) is 0 Å². The minimum Gasteiger partial charge on any atom is -0.147 e. The third-order valence-electron chi connectivity index (χ3n) is 3.58. The summed E-state index contributed by atoms with van der Waals surface area (Å²) in [5.41, 5.74) is 0. The Hall–Kier alpha value is 0.720. The van der Waals surface area contributed by atoms with Gasteiger partial charge in [0, 0.05) is 0 Å².